The van der Waals surface area contributed by atoms with E-state index in [0.717, 1.165) is 55.1 Å². The van der Waals surface area contributed by atoms with Crippen molar-refractivity contribution < 1.29 is 33.9 Å². The molecule has 0 unspecified atom stereocenters. The van der Waals surface area contributed by atoms with E-state index in [9.17, 15) is 33.9 Å². The minimum Gasteiger partial charge on any atom is -0.478 e. The molecule has 4 N–H and O–H groups in total. The second-order valence-electron chi connectivity index (χ2n) is 23.0. The Hall–Kier alpha value is -11.7. The highest BCUT2D eigenvalue weighted by molar-refractivity contribution is 6.37. The van der Waals surface area contributed by atoms with Crippen molar-refractivity contribution in [1.82, 2.24) is 50.0 Å². The molecule has 0 spiro atoms. The van der Waals surface area contributed by atoms with Gasteiger partial charge in [0, 0.05) is 64.4 Å². The zero-order valence-corrected chi connectivity index (χ0v) is 57.1. The van der Waals surface area contributed by atoms with E-state index in [0.29, 0.717) is 93.8 Å². The van der Waals surface area contributed by atoms with Crippen LogP contribution in [0.15, 0.2) is 243 Å². The number of rotatable bonds is 12. The van der Waals surface area contributed by atoms with Crippen molar-refractivity contribution in [2.75, 3.05) is 0 Å². The van der Waals surface area contributed by atoms with Gasteiger partial charge in [0.15, 0.2) is 0 Å². The quantitative estimate of drug-likeness (QED) is 0.0759. The number of carbonyl (C=O) groups is 6. The van der Waals surface area contributed by atoms with Crippen molar-refractivity contribution in [3.63, 3.8) is 0 Å². The molecule has 14 aromatic rings. The van der Waals surface area contributed by atoms with E-state index in [2.05, 4.69) is 30.2 Å². The van der Waals surface area contributed by atoms with Crippen molar-refractivity contribution in [1.29, 1.82) is 0 Å². The smallest absolute Gasteiger partial charge is 0.336 e. The van der Waals surface area contributed by atoms with Crippen LogP contribution in [0.1, 0.15) is 84.4 Å². The van der Waals surface area contributed by atoms with Crippen LogP contribution in [0.2, 0.25) is 25.2 Å². The maximum atomic E-state index is 12.8. The Balaban J connectivity index is 0.000000123. The van der Waals surface area contributed by atoms with Crippen LogP contribution >= 0.6 is 58.0 Å². The molecular formula is C79H52Cl5N11O7. The van der Waals surface area contributed by atoms with Crippen LogP contribution in [-0.4, -0.2) is 85.3 Å². The second-order valence-corrected chi connectivity index (χ2v) is 25.0. The van der Waals surface area contributed by atoms with Crippen LogP contribution in [-0.2, 0) is 26.2 Å². The van der Waals surface area contributed by atoms with Crippen LogP contribution in [0.4, 0.5) is 0 Å². The first kappa shape index (κ1) is 68.8. The summed E-state index contributed by atoms with van der Waals surface area (Å²) in [5.41, 5.74) is 17.3. The first-order valence-corrected chi connectivity index (χ1v) is 33.4. The molecule has 0 atom stereocenters. The molecule has 2 aliphatic heterocycles. The molecule has 0 radical (unpaired) electrons. The van der Waals surface area contributed by atoms with E-state index in [-0.39, 0.29) is 59.5 Å². The number of carboxylic acid groups (broad SMARTS) is 1. The van der Waals surface area contributed by atoms with E-state index >= 15 is 0 Å². The molecule has 0 bridgehead atoms. The average Bonchev–Trinajstić information content (AvgIpc) is 1.45. The number of nitrogens with zero attached hydrogens (tertiary/aromatic N) is 9. The maximum Gasteiger partial charge on any atom is 0.336 e. The Kier molecular flexibility index (Phi) is 20.5. The Morgan fingerprint density at radius 3 is 1.11 bits per heavy atom. The summed E-state index contributed by atoms with van der Waals surface area (Å²) in [5.74, 6) is -2.88. The van der Waals surface area contributed by atoms with Crippen molar-refractivity contribution in [2.45, 2.75) is 26.2 Å². The highest BCUT2D eigenvalue weighted by Crippen LogP contribution is 2.35. The van der Waals surface area contributed by atoms with Gasteiger partial charge in [0.05, 0.1) is 123 Å². The van der Waals surface area contributed by atoms with E-state index in [1.54, 1.807) is 104 Å². The molecule has 23 heteroatoms. The first-order chi connectivity index (χ1) is 49.5. The van der Waals surface area contributed by atoms with Crippen LogP contribution in [0.25, 0.3) is 77.8 Å². The predicted molar refractivity (Wildman–Crippen MR) is 395 cm³/mol. The number of carbonyl (C=O) groups excluding carboxylic acids is 5. The Bertz CT molecular complexity index is 5600. The van der Waals surface area contributed by atoms with Crippen LogP contribution in [0, 0.1) is 0 Å². The number of nitrogens with one attached hydrogen (secondary N) is 1. The van der Waals surface area contributed by atoms with Gasteiger partial charge in [0.2, 0.25) is 0 Å². The van der Waals surface area contributed by atoms with Gasteiger partial charge < -0.3 is 16.2 Å². The van der Waals surface area contributed by atoms with Crippen molar-refractivity contribution in [2.24, 2.45) is 5.73 Å². The number of para-hydroxylation sites is 4. The second kappa shape index (κ2) is 30.4. The van der Waals surface area contributed by atoms with E-state index in [1.165, 1.54) is 21.9 Å². The number of carboxylic acids is 1. The molecule has 16 rings (SSSR count). The lowest BCUT2D eigenvalue weighted by molar-refractivity contribution is 0.0627. The third kappa shape index (κ3) is 14.4. The minimum atomic E-state index is -1.16. The van der Waals surface area contributed by atoms with Gasteiger partial charge in [-0.3, -0.25) is 48.7 Å². The molecule has 0 saturated heterocycles. The van der Waals surface area contributed by atoms with Crippen molar-refractivity contribution in [3.05, 3.63) is 324 Å². The Morgan fingerprint density at radius 1 is 0.382 bits per heavy atom. The largest absolute Gasteiger partial charge is 0.478 e. The zero-order chi connectivity index (χ0) is 71.1. The normalized spacial score (nSPS) is 12.1. The zero-order valence-electron chi connectivity index (χ0n) is 53.3. The third-order valence-corrected chi connectivity index (χ3v) is 18.2. The number of aromatic carboxylic acids is 1. The number of imide groups is 2. The van der Waals surface area contributed by atoms with Crippen LogP contribution in [0.3, 0.4) is 0 Å². The van der Waals surface area contributed by atoms with Gasteiger partial charge in [-0.25, -0.2) is 24.7 Å². The summed E-state index contributed by atoms with van der Waals surface area (Å²) >= 11 is 31.2. The highest BCUT2D eigenvalue weighted by atomic mass is 35.5. The lowest BCUT2D eigenvalue weighted by Crippen LogP contribution is -2.29. The Morgan fingerprint density at radius 2 is 0.716 bits per heavy atom. The minimum absolute atomic E-state index is 0.0524. The number of amides is 5. The number of aromatic nitrogens is 7. The first-order valence-electron chi connectivity index (χ1n) is 31.5. The fourth-order valence-corrected chi connectivity index (χ4v) is 12.8. The molecule has 2 aliphatic rings. The molecule has 5 amide bonds. The number of benzene rings is 7. The number of halogens is 5. The van der Waals surface area contributed by atoms with E-state index in [4.69, 9.17) is 73.7 Å². The average molecular weight is 1440 g/mol. The van der Waals surface area contributed by atoms with Gasteiger partial charge in [0.25, 0.3) is 29.5 Å². The molecular weight excluding hydrogens is 1390 g/mol. The number of nitrogens with two attached hydrogens (primary N) is 1. The number of fused-ring (bicyclic) bond motifs is 6. The summed E-state index contributed by atoms with van der Waals surface area (Å²) in [5, 5.41) is 18.0. The van der Waals surface area contributed by atoms with Crippen molar-refractivity contribution >= 4 is 137 Å². The highest BCUT2D eigenvalue weighted by Gasteiger charge is 2.37. The molecule has 102 heavy (non-hydrogen) atoms. The summed E-state index contributed by atoms with van der Waals surface area (Å²) in [6.07, 6.45) is 5.09. The Labute approximate surface area is 607 Å². The van der Waals surface area contributed by atoms with E-state index < -0.39 is 11.9 Å². The number of hydrogen-bond acceptors (Lipinski definition) is 14. The molecule has 0 fully saturated rings. The predicted octanol–water partition coefficient (Wildman–Crippen LogP) is 17.1. The van der Waals surface area contributed by atoms with Gasteiger partial charge in [-0.2, -0.15) is 0 Å². The summed E-state index contributed by atoms with van der Waals surface area (Å²) in [7, 11) is 0. The topological polar surface area (TPSA) is 257 Å². The molecule has 0 saturated carbocycles. The summed E-state index contributed by atoms with van der Waals surface area (Å²) in [6, 6.07) is 66.3. The monoisotopic (exact) mass is 1440 g/mol. The standard InChI is InChI=1S/C23H16ClN3O3.C23H14ClN3O2.C18H10Cl2N2O2.C15H12ClN3/c24-18-9-5-6-14-12-15(21(27-20(14)18)19-10-3-4-11-25-19)13-26-22(28)16-7-1-2-8-17(16)23(29)30;24-18-9-5-6-14-12-15(21(26-20(14)18)19-10-3-4-11-25-19)13-27-22(28)16-7-1-2-8-17(16)23(27)29;19-14-7-3-4-10-8-11(16(20)21-15(10)14)9-22-17(23)12-5-1-2-6-13(12)18(22)24;16-12-5-3-4-10-8-11(9-17)15(19-14(10)12)13-6-1-2-7-18-13/h1-12H,13H2,(H,26,28)(H,29,30);1-12H,13H2;1-8H,9H2;1-8H,9,17H2. The van der Waals surface area contributed by atoms with Crippen LogP contribution in [0.5, 0.6) is 0 Å². The van der Waals surface area contributed by atoms with Crippen LogP contribution < -0.4 is 11.1 Å². The number of pyridine rings is 7. The van der Waals surface area contributed by atoms with Gasteiger partial charge >= 0.3 is 5.97 Å². The summed E-state index contributed by atoms with van der Waals surface area (Å²) in [4.78, 5) is 109. The summed E-state index contributed by atoms with van der Waals surface area (Å²) in [6.45, 7) is 0.740. The SMILES string of the molecule is NCc1cc2cccc(Cl)c2nc1-c1ccccn1.O=C(O)c1ccccc1C(=O)NCc1cc2cccc(Cl)c2nc1-c1ccccn1.O=C1c2ccccc2C(=O)N1Cc1cc2cccc(Cl)c2nc1-c1ccccn1.O=C1c2ccccc2C(=O)N1Cc1cc2cccc(Cl)c2nc1Cl. The van der Waals surface area contributed by atoms with Gasteiger partial charge in [0.1, 0.15) is 5.15 Å². The fourth-order valence-electron chi connectivity index (χ4n) is 11.7. The molecule has 7 aromatic carbocycles. The molecule has 7 aromatic heterocycles. The molecule has 0 aliphatic carbocycles. The lowest BCUT2D eigenvalue weighted by atomic mass is 10.0. The molecule has 500 valence electrons. The van der Waals surface area contributed by atoms with Gasteiger partial charge in [-0.1, -0.05) is 161 Å². The van der Waals surface area contributed by atoms with E-state index in [1.807, 2.05) is 127 Å². The summed E-state index contributed by atoms with van der Waals surface area (Å²) < 4.78 is 0. The number of hydrogen-bond donors (Lipinski definition) is 3. The fraction of sp³-hybridized carbons (Fsp3) is 0.0506. The molecule has 9 heterocycles. The van der Waals surface area contributed by atoms with Crippen molar-refractivity contribution in [3.8, 4) is 34.2 Å². The molecule has 18 nitrogen and oxygen atoms in total. The van der Waals surface area contributed by atoms with Gasteiger partial charge in [-0.15, -0.1) is 0 Å². The van der Waals surface area contributed by atoms with Gasteiger partial charge in [-0.05, 0) is 132 Å². The third-order valence-electron chi connectivity index (χ3n) is 16.6. The maximum absolute atomic E-state index is 12.8. The lowest BCUT2D eigenvalue weighted by Gasteiger charge is -2.17.